The van der Waals surface area contributed by atoms with Gasteiger partial charge in [0.25, 0.3) is 0 Å². The first-order valence-corrected chi connectivity index (χ1v) is 6.71. The van der Waals surface area contributed by atoms with Crippen LogP contribution in [0.4, 0.5) is 0 Å². The summed E-state index contributed by atoms with van der Waals surface area (Å²) in [7, 11) is 1.62. The second-order valence-corrected chi connectivity index (χ2v) is 5.08. The fourth-order valence-corrected chi connectivity index (χ4v) is 2.44. The van der Waals surface area contributed by atoms with Crippen LogP contribution in [0.25, 0.3) is 0 Å². The highest BCUT2D eigenvalue weighted by atomic mass is 79.9. The number of rotatable bonds is 4. The van der Waals surface area contributed by atoms with Crippen LogP contribution < -0.4 is 15.2 Å². The summed E-state index contributed by atoms with van der Waals surface area (Å²) in [6.45, 7) is 0. The Kier molecular flexibility index (Phi) is 4.39. The van der Waals surface area contributed by atoms with Crippen LogP contribution in [-0.2, 0) is 0 Å². The zero-order valence-corrected chi connectivity index (χ0v) is 12.6. The van der Waals surface area contributed by atoms with E-state index in [4.69, 9.17) is 27.4 Å². The van der Waals surface area contributed by atoms with Gasteiger partial charge in [-0.15, -0.1) is 0 Å². The van der Waals surface area contributed by atoms with E-state index in [1.54, 1.807) is 7.11 Å². The summed E-state index contributed by atoms with van der Waals surface area (Å²) < 4.78 is 11.7. The maximum Gasteiger partial charge on any atom is 0.131 e. The van der Waals surface area contributed by atoms with Gasteiger partial charge in [-0.25, -0.2) is 0 Å². The minimum absolute atomic E-state index is 0.347. The summed E-state index contributed by atoms with van der Waals surface area (Å²) in [5.41, 5.74) is 6.38. The van der Waals surface area contributed by atoms with E-state index >= 15 is 0 Å². The minimum atomic E-state index is 0.347. The van der Waals surface area contributed by atoms with Crippen LogP contribution >= 0.6 is 28.1 Å². The average Bonchev–Trinajstić information content (AvgIpc) is 2.38. The Balaban J connectivity index is 2.23. The van der Waals surface area contributed by atoms with Crippen LogP contribution in [0.5, 0.6) is 17.2 Å². The molecule has 2 rings (SSSR count). The number of hydrogen-bond donors (Lipinski definition) is 1. The third-order valence-corrected chi connectivity index (χ3v) is 3.36. The van der Waals surface area contributed by atoms with Gasteiger partial charge in [-0.05, 0) is 46.3 Å². The van der Waals surface area contributed by atoms with Gasteiger partial charge in [0.05, 0.1) is 7.11 Å². The molecule has 0 amide bonds. The zero-order valence-electron chi connectivity index (χ0n) is 10.2. The van der Waals surface area contributed by atoms with Gasteiger partial charge >= 0.3 is 0 Å². The van der Waals surface area contributed by atoms with Crippen molar-refractivity contribution in [2.75, 3.05) is 7.11 Å². The van der Waals surface area contributed by atoms with E-state index in [1.165, 1.54) is 0 Å². The van der Waals surface area contributed by atoms with Crippen molar-refractivity contribution >= 4 is 33.1 Å². The first kappa shape index (κ1) is 13.8. The van der Waals surface area contributed by atoms with Crippen LogP contribution in [0.2, 0.25) is 0 Å². The smallest absolute Gasteiger partial charge is 0.131 e. The van der Waals surface area contributed by atoms with Gasteiger partial charge in [0, 0.05) is 16.1 Å². The van der Waals surface area contributed by atoms with E-state index in [0.29, 0.717) is 16.5 Å². The third-order valence-electron chi connectivity index (χ3n) is 2.48. The van der Waals surface area contributed by atoms with Crippen molar-refractivity contribution in [1.82, 2.24) is 0 Å². The Hall–Kier alpha value is -1.59. The molecule has 0 spiro atoms. The molecule has 0 saturated carbocycles. The van der Waals surface area contributed by atoms with Gasteiger partial charge in [0.15, 0.2) is 0 Å². The molecule has 2 aromatic rings. The molecule has 0 saturated heterocycles. The summed E-state index contributed by atoms with van der Waals surface area (Å²) in [4.78, 5) is 0.347. The van der Waals surface area contributed by atoms with Crippen molar-refractivity contribution < 1.29 is 9.47 Å². The summed E-state index contributed by atoms with van der Waals surface area (Å²) in [6, 6.07) is 12.9. The Morgan fingerprint density at radius 3 is 2.42 bits per heavy atom. The lowest BCUT2D eigenvalue weighted by atomic mass is 10.2. The number of nitrogens with two attached hydrogens (primary N) is 1. The Bertz CT molecular complexity index is 616. The number of halogens is 1. The van der Waals surface area contributed by atoms with Crippen molar-refractivity contribution in [2.24, 2.45) is 5.73 Å². The van der Waals surface area contributed by atoms with Crippen molar-refractivity contribution in [1.29, 1.82) is 0 Å². The molecule has 0 atom stereocenters. The first-order chi connectivity index (χ1) is 9.10. The van der Waals surface area contributed by atoms with Gasteiger partial charge in [-0.1, -0.05) is 18.3 Å². The van der Waals surface area contributed by atoms with E-state index < -0.39 is 0 Å². The van der Waals surface area contributed by atoms with Gasteiger partial charge in [0.2, 0.25) is 0 Å². The second kappa shape index (κ2) is 6.04. The van der Waals surface area contributed by atoms with Crippen LogP contribution in [0.15, 0.2) is 46.9 Å². The molecule has 0 heterocycles. The third kappa shape index (κ3) is 3.45. The lowest BCUT2D eigenvalue weighted by Gasteiger charge is -2.09. The monoisotopic (exact) mass is 337 g/mol. The molecule has 0 aromatic heterocycles. The van der Waals surface area contributed by atoms with Crippen LogP contribution in [0.1, 0.15) is 5.56 Å². The fourth-order valence-electron chi connectivity index (χ4n) is 1.56. The molecule has 0 unspecified atom stereocenters. The predicted octanol–water partition coefficient (Wildman–Crippen LogP) is 3.88. The zero-order chi connectivity index (χ0) is 13.8. The van der Waals surface area contributed by atoms with Gasteiger partial charge < -0.3 is 15.2 Å². The van der Waals surface area contributed by atoms with Crippen molar-refractivity contribution in [3.05, 3.63) is 52.5 Å². The van der Waals surface area contributed by atoms with E-state index in [1.807, 2.05) is 42.5 Å². The summed E-state index contributed by atoms with van der Waals surface area (Å²) in [5, 5.41) is 0. The number of ether oxygens (including phenoxy) is 2. The average molecular weight is 338 g/mol. The molecule has 98 valence electrons. The molecule has 0 aliphatic carbocycles. The highest BCUT2D eigenvalue weighted by molar-refractivity contribution is 9.10. The lowest BCUT2D eigenvalue weighted by molar-refractivity contribution is 0.409. The van der Waals surface area contributed by atoms with E-state index in [0.717, 1.165) is 15.8 Å². The fraction of sp³-hybridized carbons (Fsp3) is 0.0714. The maximum atomic E-state index is 5.74. The Labute approximate surface area is 125 Å². The molecule has 0 fully saturated rings. The molecule has 0 radical (unpaired) electrons. The first-order valence-electron chi connectivity index (χ1n) is 5.51. The molecule has 2 aromatic carbocycles. The number of thiocarbonyl (C=S) groups is 1. The molecular weight excluding hydrogens is 326 g/mol. The summed E-state index contributed by atoms with van der Waals surface area (Å²) in [5.74, 6) is 2.14. The van der Waals surface area contributed by atoms with Crippen LogP contribution in [0.3, 0.4) is 0 Å². The molecule has 0 aliphatic rings. The normalized spacial score (nSPS) is 10.0. The standard InChI is InChI=1S/C14H12BrNO2S/c1-17-9-3-2-4-10(7-9)18-11-5-6-12(14(16)19)13(15)8-11/h2-8H,1H3,(H2,16,19). The highest BCUT2D eigenvalue weighted by Gasteiger charge is 2.05. The molecule has 2 N–H and O–H groups in total. The van der Waals surface area contributed by atoms with E-state index in [-0.39, 0.29) is 0 Å². The quantitative estimate of drug-likeness (QED) is 0.859. The topological polar surface area (TPSA) is 44.5 Å². The van der Waals surface area contributed by atoms with E-state index in [9.17, 15) is 0 Å². The van der Waals surface area contributed by atoms with Crippen molar-refractivity contribution in [3.8, 4) is 17.2 Å². The molecular formula is C14H12BrNO2S. The number of hydrogen-bond acceptors (Lipinski definition) is 3. The van der Waals surface area contributed by atoms with Crippen LogP contribution in [0, 0.1) is 0 Å². The predicted molar refractivity (Wildman–Crippen MR) is 83.1 cm³/mol. The molecule has 0 bridgehead atoms. The Morgan fingerprint density at radius 2 is 1.79 bits per heavy atom. The number of methoxy groups -OCH3 is 1. The molecule has 5 heteroatoms. The van der Waals surface area contributed by atoms with Gasteiger partial charge in [0.1, 0.15) is 22.2 Å². The summed E-state index contributed by atoms with van der Waals surface area (Å²) in [6.07, 6.45) is 0. The van der Waals surface area contributed by atoms with Crippen molar-refractivity contribution in [2.45, 2.75) is 0 Å². The van der Waals surface area contributed by atoms with Crippen LogP contribution in [-0.4, -0.2) is 12.1 Å². The van der Waals surface area contributed by atoms with Gasteiger partial charge in [-0.2, -0.15) is 0 Å². The van der Waals surface area contributed by atoms with E-state index in [2.05, 4.69) is 15.9 Å². The minimum Gasteiger partial charge on any atom is -0.497 e. The maximum absolute atomic E-state index is 5.74. The largest absolute Gasteiger partial charge is 0.497 e. The SMILES string of the molecule is COc1cccc(Oc2ccc(C(N)=S)c(Br)c2)c1. The lowest BCUT2D eigenvalue weighted by Crippen LogP contribution is -2.09. The second-order valence-electron chi connectivity index (χ2n) is 3.79. The summed E-state index contributed by atoms with van der Waals surface area (Å²) >= 11 is 8.36. The molecule has 0 aliphatic heterocycles. The van der Waals surface area contributed by atoms with Gasteiger partial charge in [-0.3, -0.25) is 0 Å². The van der Waals surface area contributed by atoms with Crippen molar-refractivity contribution in [3.63, 3.8) is 0 Å². The molecule has 19 heavy (non-hydrogen) atoms. The Morgan fingerprint density at radius 1 is 1.11 bits per heavy atom. The number of benzene rings is 2. The molecule has 3 nitrogen and oxygen atoms in total. The highest BCUT2D eigenvalue weighted by Crippen LogP contribution is 2.28.